The highest BCUT2D eigenvalue weighted by atomic mass is 35.5. The predicted molar refractivity (Wildman–Crippen MR) is 84.7 cm³/mol. The Morgan fingerprint density at radius 3 is 2.30 bits per heavy atom. The van der Waals surface area contributed by atoms with Gasteiger partial charge in [0, 0.05) is 15.6 Å². The lowest BCUT2D eigenvalue weighted by molar-refractivity contribution is 0.410. The van der Waals surface area contributed by atoms with Crippen molar-refractivity contribution >= 4 is 23.2 Å². The van der Waals surface area contributed by atoms with Crippen LogP contribution in [0.15, 0.2) is 42.5 Å². The van der Waals surface area contributed by atoms with Gasteiger partial charge in [0.2, 0.25) is 0 Å². The molecule has 0 spiro atoms. The van der Waals surface area contributed by atoms with Crippen LogP contribution in [0.3, 0.4) is 0 Å². The molecule has 1 unspecified atom stereocenters. The molecule has 2 rings (SSSR count). The Labute approximate surface area is 129 Å². The first-order valence-electron chi connectivity index (χ1n) is 6.30. The molecular formula is C16H17Cl2NO. The smallest absolute Gasteiger partial charge is 0.119 e. The highest BCUT2D eigenvalue weighted by Gasteiger charge is 2.24. The monoisotopic (exact) mass is 309 g/mol. The van der Waals surface area contributed by atoms with E-state index in [2.05, 4.69) is 0 Å². The standard InChI is InChI=1S/C16H17Cl2NO/c1-16(19,11-5-3-6-12(9-11)20-2)10-13-14(17)7-4-8-15(13)18/h3-9H,10,19H2,1-2H3. The number of hydrogen-bond donors (Lipinski definition) is 1. The van der Waals surface area contributed by atoms with E-state index in [1.807, 2.05) is 49.4 Å². The van der Waals surface area contributed by atoms with E-state index in [9.17, 15) is 0 Å². The van der Waals surface area contributed by atoms with E-state index >= 15 is 0 Å². The van der Waals surface area contributed by atoms with Gasteiger partial charge in [-0.3, -0.25) is 0 Å². The first kappa shape index (κ1) is 15.2. The molecule has 0 radical (unpaired) electrons. The first-order chi connectivity index (χ1) is 9.44. The van der Waals surface area contributed by atoms with Crippen LogP contribution in [0, 0.1) is 0 Å². The van der Waals surface area contributed by atoms with Crippen molar-refractivity contribution in [3.05, 3.63) is 63.6 Å². The van der Waals surface area contributed by atoms with E-state index in [4.69, 9.17) is 33.7 Å². The van der Waals surface area contributed by atoms with Gasteiger partial charge < -0.3 is 10.5 Å². The van der Waals surface area contributed by atoms with Crippen LogP contribution < -0.4 is 10.5 Å². The molecule has 20 heavy (non-hydrogen) atoms. The van der Waals surface area contributed by atoms with Gasteiger partial charge in [-0.15, -0.1) is 0 Å². The third-order valence-electron chi connectivity index (χ3n) is 3.33. The second kappa shape index (κ2) is 6.04. The molecule has 2 N–H and O–H groups in total. The van der Waals surface area contributed by atoms with Crippen molar-refractivity contribution in [2.24, 2.45) is 5.73 Å². The molecule has 0 saturated carbocycles. The molecule has 0 aliphatic carbocycles. The summed E-state index contributed by atoms with van der Waals surface area (Å²) in [5, 5.41) is 1.27. The SMILES string of the molecule is COc1cccc(C(C)(N)Cc2c(Cl)cccc2Cl)c1. The molecule has 0 heterocycles. The number of halogens is 2. The fourth-order valence-electron chi connectivity index (χ4n) is 2.15. The minimum Gasteiger partial charge on any atom is -0.497 e. The third kappa shape index (κ3) is 3.26. The summed E-state index contributed by atoms with van der Waals surface area (Å²) in [7, 11) is 1.64. The van der Waals surface area contributed by atoms with Crippen molar-refractivity contribution in [2.45, 2.75) is 18.9 Å². The summed E-state index contributed by atoms with van der Waals surface area (Å²) in [5.74, 6) is 0.782. The molecule has 2 aromatic rings. The molecule has 106 valence electrons. The lowest BCUT2D eigenvalue weighted by Crippen LogP contribution is -2.35. The molecule has 0 fully saturated rings. The Balaban J connectivity index is 2.35. The van der Waals surface area contributed by atoms with E-state index in [0.29, 0.717) is 16.5 Å². The Morgan fingerprint density at radius 1 is 1.10 bits per heavy atom. The zero-order valence-electron chi connectivity index (χ0n) is 11.5. The summed E-state index contributed by atoms with van der Waals surface area (Å²) in [4.78, 5) is 0. The number of ether oxygens (including phenoxy) is 1. The van der Waals surface area contributed by atoms with Crippen molar-refractivity contribution in [1.82, 2.24) is 0 Å². The van der Waals surface area contributed by atoms with E-state index in [0.717, 1.165) is 16.9 Å². The van der Waals surface area contributed by atoms with Crippen LogP contribution in [-0.4, -0.2) is 7.11 Å². The summed E-state index contributed by atoms with van der Waals surface area (Å²) in [6.45, 7) is 1.96. The van der Waals surface area contributed by atoms with Crippen molar-refractivity contribution in [3.8, 4) is 5.75 Å². The predicted octanol–water partition coefficient (Wildman–Crippen LogP) is 4.42. The maximum absolute atomic E-state index is 6.46. The Morgan fingerprint density at radius 2 is 1.70 bits per heavy atom. The Bertz CT molecular complexity index is 591. The van der Waals surface area contributed by atoms with Crippen molar-refractivity contribution in [1.29, 1.82) is 0 Å². The van der Waals surface area contributed by atoms with E-state index in [1.165, 1.54) is 0 Å². The van der Waals surface area contributed by atoms with Gasteiger partial charge in [0.1, 0.15) is 5.75 Å². The molecular weight excluding hydrogens is 293 g/mol. The van der Waals surface area contributed by atoms with Crippen LogP contribution in [-0.2, 0) is 12.0 Å². The number of rotatable bonds is 4. The van der Waals surface area contributed by atoms with E-state index < -0.39 is 5.54 Å². The summed E-state index contributed by atoms with van der Waals surface area (Å²) >= 11 is 12.4. The molecule has 0 aliphatic heterocycles. The number of hydrogen-bond acceptors (Lipinski definition) is 2. The zero-order valence-corrected chi connectivity index (χ0v) is 13.0. The summed E-state index contributed by atoms with van der Waals surface area (Å²) in [5.41, 5.74) is 7.72. The maximum Gasteiger partial charge on any atom is 0.119 e. The zero-order chi connectivity index (χ0) is 14.8. The van der Waals surface area contributed by atoms with Crippen molar-refractivity contribution < 1.29 is 4.74 Å². The second-order valence-electron chi connectivity index (χ2n) is 5.03. The molecule has 0 aliphatic rings. The number of methoxy groups -OCH3 is 1. The van der Waals surface area contributed by atoms with Crippen LogP contribution in [0.1, 0.15) is 18.1 Å². The molecule has 2 nitrogen and oxygen atoms in total. The minimum atomic E-state index is -0.580. The normalized spacial score (nSPS) is 13.8. The fraction of sp³-hybridized carbons (Fsp3) is 0.250. The molecule has 1 atom stereocenters. The van der Waals surface area contributed by atoms with Crippen LogP contribution in [0.25, 0.3) is 0 Å². The maximum atomic E-state index is 6.46. The molecule has 0 bridgehead atoms. The molecule has 2 aromatic carbocycles. The third-order valence-corrected chi connectivity index (χ3v) is 4.04. The Kier molecular flexibility index (Phi) is 4.59. The highest BCUT2D eigenvalue weighted by Crippen LogP contribution is 2.32. The lowest BCUT2D eigenvalue weighted by atomic mass is 9.86. The summed E-state index contributed by atoms with van der Waals surface area (Å²) in [6, 6.07) is 13.2. The van der Waals surface area contributed by atoms with Crippen LogP contribution in [0.2, 0.25) is 10.0 Å². The van der Waals surface area contributed by atoms with E-state index in [1.54, 1.807) is 7.11 Å². The average molecular weight is 310 g/mol. The van der Waals surface area contributed by atoms with Crippen LogP contribution in [0.5, 0.6) is 5.75 Å². The molecule has 0 aromatic heterocycles. The number of nitrogens with two attached hydrogens (primary N) is 1. The molecule has 4 heteroatoms. The topological polar surface area (TPSA) is 35.2 Å². The number of benzene rings is 2. The van der Waals surface area contributed by atoms with Gasteiger partial charge in [-0.1, -0.05) is 41.4 Å². The summed E-state index contributed by atoms with van der Waals surface area (Å²) in [6.07, 6.45) is 0.554. The minimum absolute atomic E-state index is 0.554. The average Bonchev–Trinajstić information content (AvgIpc) is 2.43. The fourth-order valence-corrected chi connectivity index (χ4v) is 2.68. The Hall–Kier alpha value is -1.22. The van der Waals surface area contributed by atoms with Gasteiger partial charge in [0.25, 0.3) is 0 Å². The van der Waals surface area contributed by atoms with E-state index in [-0.39, 0.29) is 0 Å². The van der Waals surface area contributed by atoms with Crippen molar-refractivity contribution in [2.75, 3.05) is 7.11 Å². The van der Waals surface area contributed by atoms with Gasteiger partial charge in [-0.25, -0.2) is 0 Å². The lowest BCUT2D eigenvalue weighted by Gasteiger charge is -2.26. The molecule has 0 amide bonds. The van der Waals surface area contributed by atoms with Crippen molar-refractivity contribution in [3.63, 3.8) is 0 Å². The van der Waals surface area contributed by atoms with Crippen LogP contribution in [0.4, 0.5) is 0 Å². The molecule has 0 saturated heterocycles. The summed E-state index contributed by atoms with van der Waals surface area (Å²) < 4.78 is 5.24. The first-order valence-corrected chi connectivity index (χ1v) is 7.06. The largest absolute Gasteiger partial charge is 0.497 e. The van der Waals surface area contributed by atoms with Gasteiger partial charge >= 0.3 is 0 Å². The van der Waals surface area contributed by atoms with Gasteiger partial charge in [0.05, 0.1) is 7.11 Å². The van der Waals surface area contributed by atoms with Gasteiger partial charge in [-0.05, 0) is 48.7 Å². The quantitative estimate of drug-likeness (QED) is 0.907. The van der Waals surface area contributed by atoms with Crippen LogP contribution >= 0.6 is 23.2 Å². The highest BCUT2D eigenvalue weighted by molar-refractivity contribution is 6.36. The van der Waals surface area contributed by atoms with Gasteiger partial charge in [0.15, 0.2) is 0 Å². The second-order valence-corrected chi connectivity index (χ2v) is 5.84. The van der Waals surface area contributed by atoms with Gasteiger partial charge in [-0.2, -0.15) is 0 Å².